The summed E-state index contributed by atoms with van der Waals surface area (Å²) in [5, 5.41) is 11.8. The van der Waals surface area contributed by atoms with Gasteiger partial charge in [0, 0.05) is 44.4 Å². The number of hydrogen-bond acceptors (Lipinski definition) is 3. The lowest BCUT2D eigenvalue weighted by molar-refractivity contribution is -0.139. The van der Waals surface area contributed by atoms with Crippen molar-refractivity contribution in [1.29, 1.82) is 0 Å². The quantitative estimate of drug-likeness (QED) is 0.797. The SMILES string of the molecule is OCCC[C@H](c1c(C(F)(F)F)ccc(Cl)c1F)N1CCNCC1. The molecule has 0 aromatic heterocycles. The van der Waals surface area contributed by atoms with Gasteiger partial charge in [0.05, 0.1) is 10.6 Å². The molecule has 0 saturated carbocycles. The third-order valence-corrected chi connectivity index (χ3v) is 4.29. The average Bonchev–Trinajstić information content (AvgIpc) is 2.51. The maximum Gasteiger partial charge on any atom is 0.416 e. The van der Waals surface area contributed by atoms with E-state index in [0.29, 0.717) is 26.2 Å². The van der Waals surface area contributed by atoms with E-state index in [1.54, 1.807) is 0 Å². The Kier molecular flexibility index (Phi) is 6.25. The third kappa shape index (κ3) is 4.35. The zero-order chi connectivity index (χ0) is 17.0. The molecule has 23 heavy (non-hydrogen) atoms. The molecule has 1 atom stereocenters. The number of aliphatic hydroxyl groups is 1. The van der Waals surface area contributed by atoms with Gasteiger partial charge in [0.1, 0.15) is 5.82 Å². The summed E-state index contributed by atoms with van der Waals surface area (Å²) in [7, 11) is 0. The Hall–Kier alpha value is -0.890. The molecule has 0 unspecified atom stereocenters. The van der Waals surface area contributed by atoms with Crippen molar-refractivity contribution >= 4 is 11.6 Å². The molecule has 2 rings (SSSR count). The Labute approximate surface area is 137 Å². The van der Waals surface area contributed by atoms with E-state index in [1.807, 2.05) is 4.90 Å². The number of halogens is 5. The van der Waals surface area contributed by atoms with Crippen LogP contribution in [-0.2, 0) is 6.18 Å². The molecule has 0 radical (unpaired) electrons. The van der Waals surface area contributed by atoms with Gasteiger partial charge in [-0.05, 0) is 25.0 Å². The van der Waals surface area contributed by atoms with E-state index in [4.69, 9.17) is 16.7 Å². The van der Waals surface area contributed by atoms with Crippen LogP contribution in [0.1, 0.15) is 30.0 Å². The maximum absolute atomic E-state index is 14.5. The van der Waals surface area contributed by atoms with Crippen LogP contribution in [0, 0.1) is 5.82 Å². The zero-order valence-corrected chi connectivity index (χ0v) is 13.2. The molecule has 130 valence electrons. The number of nitrogens with zero attached hydrogens (tertiary/aromatic N) is 1. The Morgan fingerprint density at radius 2 is 1.91 bits per heavy atom. The Bertz CT molecular complexity index is 533. The molecular weight excluding hydrogens is 336 g/mol. The molecule has 8 heteroatoms. The van der Waals surface area contributed by atoms with Gasteiger partial charge in [0.15, 0.2) is 0 Å². The van der Waals surface area contributed by atoms with E-state index < -0.39 is 29.2 Å². The van der Waals surface area contributed by atoms with Crippen LogP contribution in [0.15, 0.2) is 12.1 Å². The minimum Gasteiger partial charge on any atom is -0.396 e. The van der Waals surface area contributed by atoms with Crippen molar-refractivity contribution in [2.45, 2.75) is 25.1 Å². The summed E-state index contributed by atoms with van der Waals surface area (Å²) in [6, 6.07) is 0.999. The highest BCUT2D eigenvalue weighted by Gasteiger charge is 2.39. The van der Waals surface area contributed by atoms with E-state index in [2.05, 4.69) is 5.32 Å². The molecule has 3 nitrogen and oxygen atoms in total. The summed E-state index contributed by atoms with van der Waals surface area (Å²) < 4.78 is 54.4. The first-order chi connectivity index (χ1) is 10.9. The molecule has 0 amide bonds. The summed E-state index contributed by atoms with van der Waals surface area (Å²) in [5.74, 6) is -1.03. The van der Waals surface area contributed by atoms with Crippen LogP contribution in [0.4, 0.5) is 17.6 Å². The maximum atomic E-state index is 14.5. The molecule has 1 aliphatic rings. The van der Waals surface area contributed by atoms with Gasteiger partial charge in [-0.15, -0.1) is 0 Å². The number of aliphatic hydroxyl groups excluding tert-OH is 1. The van der Waals surface area contributed by atoms with Gasteiger partial charge in [-0.2, -0.15) is 13.2 Å². The van der Waals surface area contributed by atoms with Crippen molar-refractivity contribution in [2.75, 3.05) is 32.8 Å². The van der Waals surface area contributed by atoms with Gasteiger partial charge in [0.2, 0.25) is 0 Å². The fourth-order valence-corrected chi connectivity index (χ4v) is 3.09. The largest absolute Gasteiger partial charge is 0.416 e. The lowest BCUT2D eigenvalue weighted by Crippen LogP contribution is -2.45. The van der Waals surface area contributed by atoms with Crippen LogP contribution in [0.25, 0.3) is 0 Å². The van der Waals surface area contributed by atoms with E-state index in [9.17, 15) is 17.6 Å². The highest BCUT2D eigenvalue weighted by molar-refractivity contribution is 6.30. The highest BCUT2D eigenvalue weighted by Crippen LogP contribution is 2.41. The molecule has 1 aliphatic heterocycles. The van der Waals surface area contributed by atoms with Crippen LogP contribution >= 0.6 is 11.6 Å². The second-order valence-electron chi connectivity index (χ2n) is 5.49. The number of benzene rings is 1. The van der Waals surface area contributed by atoms with Crippen molar-refractivity contribution in [3.63, 3.8) is 0 Å². The normalized spacial score (nSPS) is 18.2. The van der Waals surface area contributed by atoms with E-state index in [-0.39, 0.29) is 24.5 Å². The number of nitrogens with one attached hydrogen (secondary N) is 1. The van der Waals surface area contributed by atoms with Crippen molar-refractivity contribution in [2.24, 2.45) is 0 Å². The van der Waals surface area contributed by atoms with Crippen LogP contribution in [0.5, 0.6) is 0 Å². The first kappa shape index (κ1) is 18.4. The minimum absolute atomic E-state index is 0.161. The fraction of sp³-hybridized carbons (Fsp3) is 0.600. The summed E-state index contributed by atoms with van der Waals surface area (Å²) in [6.07, 6.45) is -4.14. The Morgan fingerprint density at radius 3 is 2.48 bits per heavy atom. The van der Waals surface area contributed by atoms with Gasteiger partial charge < -0.3 is 10.4 Å². The number of piperazine rings is 1. The van der Waals surface area contributed by atoms with Gasteiger partial charge in [-0.1, -0.05) is 11.6 Å². The summed E-state index contributed by atoms with van der Waals surface area (Å²) in [6.45, 7) is 2.11. The highest BCUT2D eigenvalue weighted by atomic mass is 35.5. The van der Waals surface area contributed by atoms with Crippen LogP contribution in [0.2, 0.25) is 5.02 Å². The van der Waals surface area contributed by atoms with E-state index >= 15 is 0 Å². The molecule has 0 bridgehead atoms. The van der Waals surface area contributed by atoms with Crippen molar-refractivity contribution < 1.29 is 22.7 Å². The molecule has 1 aromatic carbocycles. The predicted octanol–water partition coefficient (Wildman–Crippen LogP) is 3.22. The minimum atomic E-state index is -4.66. The van der Waals surface area contributed by atoms with E-state index in [1.165, 1.54) is 0 Å². The number of rotatable bonds is 5. The zero-order valence-electron chi connectivity index (χ0n) is 12.5. The first-order valence-electron chi connectivity index (χ1n) is 7.47. The van der Waals surface area contributed by atoms with Crippen molar-refractivity contribution in [3.8, 4) is 0 Å². The van der Waals surface area contributed by atoms with Crippen LogP contribution in [0.3, 0.4) is 0 Å². The number of hydrogen-bond donors (Lipinski definition) is 2. The van der Waals surface area contributed by atoms with Crippen LogP contribution in [-0.4, -0.2) is 42.8 Å². The molecule has 1 heterocycles. The Balaban J connectivity index is 2.49. The Morgan fingerprint density at radius 1 is 1.26 bits per heavy atom. The van der Waals surface area contributed by atoms with Gasteiger partial charge in [-0.25, -0.2) is 4.39 Å². The van der Waals surface area contributed by atoms with Crippen molar-refractivity contribution in [3.05, 3.63) is 34.1 Å². The second-order valence-corrected chi connectivity index (χ2v) is 5.90. The summed E-state index contributed by atoms with van der Waals surface area (Å²) >= 11 is 5.73. The van der Waals surface area contributed by atoms with Gasteiger partial charge in [-0.3, -0.25) is 4.90 Å². The first-order valence-corrected chi connectivity index (χ1v) is 7.84. The topological polar surface area (TPSA) is 35.5 Å². The van der Waals surface area contributed by atoms with Crippen molar-refractivity contribution in [1.82, 2.24) is 10.2 Å². The lowest BCUT2D eigenvalue weighted by Gasteiger charge is -2.36. The molecule has 1 aromatic rings. The number of alkyl halides is 3. The smallest absolute Gasteiger partial charge is 0.396 e. The summed E-state index contributed by atoms with van der Waals surface area (Å²) in [5.41, 5.74) is -1.42. The van der Waals surface area contributed by atoms with Gasteiger partial charge in [0.25, 0.3) is 0 Å². The molecule has 2 N–H and O–H groups in total. The molecule has 0 spiro atoms. The average molecular weight is 355 g/mol. The second kappa shape index (κ2) is 7.79. The monoisotopic (exact) mass is 354 g/mol. The lowest BCUT2D eigenvalue weighted by atomic mass is 9.94. The third-order valence-electron chi connectivity index (χ3n) is 4.00. The molecule has 1 fully saturated rings. The van der Waals surface area contributed by atoms with Crippen LogP contribution < -0.4 is 5.32 Å². The molecule has 1 saturated heterocycles. The summed E-state index contributed by atoms with van der Waals surface area (Å²) in [4.78, 5) is 1.82. The fourth-order valence-electron chi connectivity index (χ4n) is 2.93. The molecule has 0 aliphatic carbocycles. The molecular formula is C15H19ClF4N2O. The van der Waals surface area contributed by atoms with E-state index in [0.717, 1.165) is 12.1 Å². The van der Waals surface area contributed by atoms with Gasteiger partial charge >= 0.3 is 6.18 Å². The predicted molar refractivity (Wildman–Crippen MR) is 79.9 cm³/mol. The standard InChI is InChI=1S/C15H19ClF4N2O/c16-11-4-3-10(15(18,19)20)13(14(11)17)12(2-1-9-23)22-7-5-21-6-8-22/h3-4,12,21,23H,1-2,5-9H2/t12-/m1/s1.